The van der Waals surface area contributed by atoms with Crippen LogP contribution in [0.15, 0.2) is 5.16 Å². The molecule has 4 aliphatic carbocycles. The molecular formula is C30H50N2O. The van der Waals surface area contributed by atoms with Crippen molar-refractivity contribution in [2.24, 2.45) is 57.4 Å². The second kappa shape index (κ2) is 10.3. The van der Waals surface area contributed by atoms with Crippen molar-refractivity contribution in [3.63, 3.8) is 0 Å². The van der Waals surface area contributed by atoms with Crippen LogP contribution in [0.25, 0.3) is 0 Å². The van der Waals surface area contributed by atoms with E-state index in [-0.39, 0.29) is 0 Å². The second-order valence-electron chi connectivity index (χ2n) is 13.3. The van der Waals surface area contributed by atoms with Gasteiger partial charge in [-0.05, 0) is 110 Å². The Balaban J connectivity index is 1.40. The number of nitrogens with zero attached hydrogens (tertiary/aromatic N) is 2. The normalized spacial score (nSPS) is 42.3. The summed E-state index contributed by atoms with van der Waals surface area (Å²) in [7, 11) is 0. The number of oxime groups is 1. The minimum absolute atomic E-state index is 0.430. The van der Waals surface area contributed by atoms with Gasteiger partial charge in [-0.2, -0.15) is 5.26 Å². The summed E-state index contributed by atoms with van der Waals surface area (Å²) in [6.45, 7) is 13.1. The molecule has 4 saturated carbocycles. The van der Waals surface area contributed by atoms with Crippen LogP contribution in [0.3, 0.4) is 0 Å². The van der Waals surface area contributed by atoms with Crippen molar-refractivity contribution in [2.75, 3.05) is 6.61 Å². The van der Waals surface area contributed by atoms with Crippen molar-refractivity contribution >= 4 is 5.71 Å². The van der Waals surface area contributed by atoms with Crippen LogP contribution in [0.2, 0.25) is 0 Å². The van der Waals surface area contributed by atoms with Gasteiger partial charge in [-0.3, -0.25) is 0 Å². The maximum absolute atomic E-state index is 8.71. The molecule has 0 unspecified atom stereocenters. The first-order valence-electron chi connectivity index (χ1n) is 14.3. The van der Waals surface area contributed by atoms with Crippen molar-refractivity contribution in [3.8, 4) is 6.07 Å². The van der Waals surface area contributed by atoms with Crippen molar-refractivity contribution in [1.82, 2.24) is 0 Å². The number of rotatable bonds is 8. The Kier molecular flexibility index (Phi) is 7.82. The van der Waals surface area contributed by atoms with Crippen LogP contribution in [-0.4, -0.2) is 12.3 Å². The van der Waals surface area contributed by atoms with E-state index in [2.05, 4.69) is 45.8 Å². The summed E-state index contributed by atoms with van der Waals surface area (Å²) in [4.78, 5) is 5.44. The van der Waals surface area contributed by atoms with Gasteiger partial charge in [0.1, 0.15) is 6.61 Å². The summed E-state index contributed by atoms with van der Waals surface area (Å²) in [5.74, 6) is 6.33. The number of hydrogen-bond donors (Lipinski definition) is 0. The summed E-state index contributed by atoms with van der Waals surface area (Å²) < 4.78 is 0. The van der Waals surface area contributed by atoms with Crippen molar-refractivity contribution in [3.05, 3.63) is 0 Å². The van der Waals surface area contributed by atoms with Gasteiger partial charge in [0.25, 0.3) is 0 Å². The van der Waals surface area contributed by atoms with E-state index in [0.717, 1.165) is 54.3 Å². The van der Waals surface area contributed by atoms with Crippen LogP contribution in [0.1, 0.15) is 118 Å². The predicted octanol–water partition coefficient (Wildman–Crippen LogP) is 8.39. The van der Waals surface area contributed by atoms with Gasteiger partial charge >= 0.3 is 0 Å². The molecule has 3 heteroatoms. The zero-order valence-electron chi connectivity index (χ0n) is 22.2. The van der Waals surface area contributed by atoms with E-state index in [1.54, 1.807) is 0 Å². The fourth-order valence-electron chi connectivity index (χ4n) is 9.40. The third kappa shape index (κ3) is 4.88. The summed E-state index contributed by atoms with van der Waals surface area (Å²) in [6.07, 6.45) is 17.0. The van der Waals surface area contributed by atoms with Gasteiger partial charge in [-0.15, -0.1) is 0 Å². The summed E-state index contributed by atoms with van der Waals surface area (Å²) in [5, 5.41) is 13.2. The first-order chi connectivity index (χ1) is 15.8. The van der Waals surface area contributed by atoms with Gasteiger partial charge in [0, 0.05) is 0 Å². The highest BCUT2D eigenvalue weighted by molar-refractivity contribution is 5.85. The van der Waals surface area contributed by atoms with E-state index >= 15 is 0 Å². The van der Waals surface area contributed by atoms with Crippen LogP contribution in [-0.2, 0) is 4.84 Å². The molecule has 33 heavy (non-hydrogen) atoms. The minimum atomic E-state index is 0.430. The molecule has 0 bridgehead atoms. The molecular weight excluding hydrogens is 404 g/mol. The Morgan fingerprint density at radius 1 is 1.00 bits per heavy atom. The van der Waals surface area contributed by atoms with Gasteiger partial charge in [-0.1, -0.05) is 59.0 Å². The van der Waals surface area contributed by atoms with E-state index in [9.17, 15) is 0 Å². The average molecular weight is 455 g/mol. The molecule has 0 spiro atoms. The fourth-order valence-corrected chi connectivity index (χ4v) is 9.40. The standard InChI is InChI=1S/C30H50N2O/c1-21(2)8-6-9-22(3)26-12-13-27-25-11-10-23-20-24(32-33-19-7-18-31)14-16-29(23,4)28(25)15-17-30(26,27)5/h21-23,25-28H,6-17,19-20H2,1-5H3/b32-24-/t22-,23+,25+,26-,27+,28+,29+,30-/m1/s1. The highest BCUT2D eigenvalue weighted by Gasteiger charge is 2.60. The lowest BCUT2D eigenvalue weighted by atomic mass is 9.44. The highest BCUT2D eigenvalue weighted by Crippen LogP contribution is 2.68. The third-order valence-electron chi connectivity index (χ3n) is 11.2. The maximum Gasteiger partial charge on any atom is 0.130 e. The molecule has 8 atom stereocenters. The third-order valence-corrected chi connectivity index (χ3v) is 11.2. The lowest BCUT2D eigenvalue weighted by Gasteiger charge is -2.60. The van der Waals surface area contributed by atoms with E-state index in [1.165, 1.54) is 69.9 Å². The zero-order valence-corrected chi connectivity index (χ0v) is 22.2. The lowest BCUT2D eigenvalue weighted by Crippen LogP contribution is -2.53. The Labute approximate surface area is 204 Å². The highest BCUT2D eigenvalue weighted by atomic mass is 16.6. The Hall–Kier alpha value is -1.04. The van der Waals surface area contributed by atoms with Crippen LogP contribution >= 0.6 is 0 Å². The number of fused-ring (bicyclic) bond motifs is 5. The summed E-state index contributed by atoms with van der Waals surface area (Å²) in [5.41, 5.74) is 2.35. The van der Waals surface area contributed by atoms with Crippen molar-refractivity contribution in [2.45, 2.75) is 118 Å². The van der Waals surface area contributed by atoms with Crippen molar-refractivity contribution < 1.29 is 4.84 Å². The fraction of sp³-hybridized carbons (Fsp3) is 0.933. The molecule has 4 aliphatic rings. The molecule has 0 aromatic heterocycles. The van der Waals surface area contributed by atoms with Crippen LogP contribution < -0.4 is 0 Å². The monoisotopic (exact) mass is 454 g/mol. The molecule has 0 N–H and O–H groups in total. The smallest absolute Gasteiger partial charge is 0.130 e. The maximum atomic E-state index is 8.71. The van der Waals surface area contributed by atoms with Gasteiger partial charge in [0.05, 0.1) is 18.2 Å². The van der Waals surface area contributed by atoms with Crippen LogP contribution in [0.4, 0.5) is 0 Å². The van der Waals surface area contributed by atoms with Gasteiger partial charge in [0.2, 0.25) is 0 Å². The summed E-state index contributed by atoms with van der Waals surface area (Å²) >= 11 is 0. The average Bonchev–Trinajstić information content (AvgIpc) is 3.14. The first kappa shape index (κ1) is 25.1. The molecule has 0 aromatic rings. The molecule has 0 aromatic carbocycles. The van der Waals surface area contributed by atoms with Crippen LogP contribution in [0.5, 0.6) is 0 Å². The van der Waals surface area contributed by atoms with E-state index in [4.69, 9.17) is 10.1 Å². The Morgan fingerprint density at radius 2 is 1.79 bits per heavy atom. The van der Waals surface area contributed by atoms with Gasteiger partial charge in [-0.25, -0.2) is 0 Å². The molecule has 0 radical (unpaired) electrons. The van der Waals surface area contributed by atoms with Crippen molar-refractivity contribution in [1.29, 1.82) is 5.26 Å². The molecule has 3 nitrogen and oxygen atoms in total. The topological polar surface area (TPSA) is 45.4 Å². The number of hydrogen-bond acceptors (Lipinski definition) is 3. The van der Waals surface area contributed by atoms with Gasteiger partial charge in [0.15, 0.2) is 0 Å². The predicted molar refractivity (Wildman–Crippen MR) is 137 cm³/mol. The molecule has 0 heterocycles. The molecule has 4 rings (SSSR count). The zero-order chi connectivity index (χ0) is 23.6. The largest absolute Gasteiger partial charge is 0.395 e. The van der Waals surface area contributed by atoms with Crippen LogP contribution in [0, 0.1) is 63.6 Å². The lowest BCUT2D eigenvalue weighted by molar-refractivity contribution is -0.105. The summed E-state index contributed by atoms with van der Waals surface area (Å²) in [6, 6.07) is 2.14. The number of nitriles is 1. The Bertz CT molecular complexity index is 738. The first-order valence-corrected chi connectivity index (χ1v) is 14.3. The van der Waals surface area contributed by atoms with E-state index < -0.39 is 0 Å². The molecule has 0 aliphatic heterocycles. The molecule has 186 valence electrons. The van der Waals surface area contributed by atoms with E-state index in [1.807, 2.05) is 0 Å². The molecule has 0 amide bonds. The van der Waals surface area contributed by atoms with E-state index in [0.29, 0.717) is 23.9 Å². The second-order valence-corrected chi connectivity index (χ2v) is 13.3. The minimum Gasteiger partial charge on any atom is -0.395 e. The van der Waals surface area contributed by atoms with Gasteiger partial charge < -0.3 is 4.84 Å². The Morgan fingerprint density at radius 3 is 2.55 bits per heavy atom. The molecule has 0 saturated heterocycles. The molecule has 4 fully saturated rings. The SMILES string of the molecule is CC(C)CCC[C@@H](C)[C@H]1CC[C@H]2[C@@H]3CC[C@H]4C/C(=N\OCCC#N)CC[C@]4(C)[C@H]3CC[C@]12C. The quantitative estimate of drug-likeness (QED) is 0.273.